The van der Waals surface area contributed by atoms with Crippen LogP contribution in [0.15, 0.2) is 24.3 Å². The van der Waals surface area contributed by atoms with Gasteiger partial charge in [0.1, 0.15) is 5.75 Å². The number of nitrogens with one attached hydrogen (secondary N) is 1. The molecule has 1 unspecified atom stereocenters. The molecule has 1 amide bonds. The number of carbonyl (C=O) groups excluding carboxylic acids is 1. The Morgan fingerprint density at radius 1 is 1.33 bits per heavy atom. The third-order valence-electron chi connectivity index (χ3n) is 3.84. The van der Waals surface area contributed by atoms with Gasteiger partial charge in [0.15, 0.2) is 6.10 Å². The highest BCUT2D eigenvalue weighted by Crippen LogP contribution is 2.18. The van der Waals surface area contributed by atoms with Gasteiger partial charge in [0.2, 0.25) is 0 Å². The lowest BCUT2D eigenvalue weighted by Gasteiger charge is -2.24. The van der Waals surface area contributed by atoms with Crippen LogP contribution in [0.25, 0.3) is 0 Å². The Labute approximate surface area is 126 Å². The third kappa shape index (κ3) is 4.78. The lowest BCUT2D eigenvalue weighted by molar-refractivity contribution is -0.128. The maximum atomic E-state index is 12.1. The molecular formula is C17H22N2O2. The highest BCUT2D eigenvalue weighted by Gasteiger charge is 2.20. The summed E-state index contributed by atoms with van der Waals surface area (Å²) in [6.07, 6.45) is 5.68. The molecule has 4 nitrogen and oxygen atoms in total. The molecule has 4 heteroatoms. The van der Waals surface area contributed by atoms with E-state index in [1.54, 1.807) is 19.1 Å². The second kappa shape index (κ2) is 7.68. The van der Waals surface area contributed by atoms with Gasteiger partial charge in [0.25, 0.3) is 5.91 Å². The molecule has 112 valence electrons. The van der Waals surface area contributed by atoms with E-state index in [4.69, 9.17) is 10.00 Å². The number of rotatable bonds is 5. The van der Waals surface area contributed by atoms with Crippen LogP contribution in [-0.2, 0) is 11.2 Å². The van der Waals surface area contributed by atoms with Crippen molar-refractivity contribution in [3.8, 4) is 11.8 Å². The number of hydrogen-bond donors (Lipinski definition) is 1. The molecule has 0 aromatic heterocycles. The van der Waals surface area contributed by atoms with Gasteiger partial charge in [-0.2, -0.15) is 5.26 Å². The van der Waals surface area contributed by atoms with Gasteiger partial charge in [0.05, 0.1) is 12.5 Å². The lowest BCUT2D eigenvalue weighted by atomic mass is 9.95. The van der Waals surface area contributed by atoms with Crippen LogP contribution < -0.4 is 10.1 Å². The van der Waals surface area contributed by atoms with Crippen LogP contribution in [0.1, 0.15) is 44.6 Å². The Morgan fingerprint density at radius 2 is 2.00 bits per heavy atom. The topological polar surface area (TPSA) is 62.1 Å². The van der Waals surface area contributed by atoms with Gasteiger partial charge in [-0.15, -0.1) is 0 Å². The van der Waals surface area contributed by atoms with Gasteiger partial charge < -0.3 is 10.1 Å². The van der Waals surface area contributed by atoms with Crippen molar-refractivity contribution >= 4 is 5.91 Å². The van der Waals surface area contributed by atoms with E-state index in [2.05, 4.69) is 11.4 Å². The van der Waals surface area contributed by atoms with Gasteiger partial charge in [-0.3, -0.25) is 4.79 Å². The first-order valence-corrected chi connectivity index (χ1v) is 7.62. The zero-order chi connectivity index (χ0) is 15.1. The molecule has 1 N–H and O–H groups in total. The smallest absolute Gasteiger partial charge is 0.260 e. The minimum absolute atomic E-state index is 0.0528. The zero-order valence-electron chi connectivity index (χ0n) is 12.5. The molecule has 1 saturated carbocycles. The van der Waals surface area contributed by atoms with Gasteiger partial charge in [-0.05, 0) is 37.5 Å². The normalized spacial score (nSPS) is 16.8. The first-order valence-electron chi connectivity index (χ1n) is 7.62. The van der Waals surface area contributed by atoms with Gasteiger partial charge in [-0.25, -0.2) is 0 Å². The molecule has 0 radical (unpaired) electrons. The van der Waals surface area contributed by atoms with Gasteiger partial charge in [-0.1, -0.05) is 31.4 Å². The molecule has 1 aliphatic carbocycles. The maximum Gasteiger partial charge on any atom is 0.260 e. The number of carbonyl (C=O) groups is 1. The number of hydrogen-bond acceptors (Lipinski definition) is 3. The van der Waals surface area contributed by atoms with Gasteiger partial charge in [0, 0.05) is 6.04 Å². The van der Waals surface area contributed by atoms with Crippen LogP contribution in [0.2, 0.25) is 0 Å². The van der Waals surface area contributed by atoms with E-state index >= 15 is 0 Å². The van der Waals surface area contributed by atoms with Crippen molar-refractivity contribution in [2.75, 3.05) is 0 Å². The summed E-state index contributed by atoms with van der Waals surface area (Å²) in [5.74, 6) is 0.603. The first kappa shape index (κ1) is 15.4. The SMILES string of the molecule is CC(Oc1ccc(CC#N)cc1)C(=O)NC1CCCCC1. The molecule has 21 heavy (non-hydrogen) atoms. The number of benzene rings is 1. The Hall–Kier alpha value is -2.02. The van der Waals surface area contributed by atoms with Crippen molar-refractivity contribution in [2.45, 2.75) is 57.6 Å². The van der Waals surface area contributed by atoms with Crippen LogP contribution in [0.3, 0.4) is 0 Å². The molecule has 1 fully saturated rings. The van der Waals surface area contributed by atoms with Crippen LogP contribution in [-0.4, -0.2) is 18.1 Å². The van der Waals surface area contributed by atoms with Crippen molar-refractivity contribution in [3.63, 3.8) is 0 Å². The molecule has 0 saturated heterocycles. The minimum Gasteiger partial charge on any atom is -0.481 e. The molecule has 1 atom stereocenters. The summed E-state index contributed by atoms with van der Waals surface area (Å²) < 4.78 is 5.66. The predicted octanol–water partition coefficient (Wildman–Crippen LogP) is 2.97. The molecule has 0 aliphatic heterocycles. The lowest BCUT2D eigenvalue weighted by Crippen LogP contribution is -2.43. The zero-order valence-corrected chi connectivity index (χ0v) is 12.5. The summed E-state index contributed by atoms with van der Waals surface area (Å²) in [7, 11) is 0. The molecule has 1 aliphatic rings. The average molecular weight is 286 g/mol. The van der Waals surface area contributed by atoms with Crippen molar-refractivity contribution < 1.29 is 9.53 Å². The number of nitrogens with zero attached hydrogens (tertiary/aromatic N) is 1. The molecule has 1 aromatic rings. The number of nitriles is 1. The van der Waals surface area contributed by atoms with E-state index in [0.717, 1.165) is 18.4 Å². The predicted molar refractivity (Wildman–Crippen MR) is 80.9 cm³/mol. The van der Waals surface area contributed by atoms with Crippen molar-refractivity contribution in [1.29, 1.82) is 5.26 Å². The van der Waals surface area contributed by atoms with Crippen LogP contribution in [0.5, 0.6) is 5.75 Å². The molecular weight excluding hydrogens is 264 g/mol. The highest BCUT2D eigenvalue weighted by molar-refractivity contribution is 5.81. The Bertz CT molecular complexity index is 499. The van der Waals surface area contributed by atoms with Crippen LogP contribution in [0.4, 0.5) is 0 Å². The summed E-state index contributed by atoms with van der Waals surface area (Å²) in [5.41, 5.74) is 0.948. The van der Waals surface area contributed by atoms with E-state index in [-0.39, 0.29) is 5.91 Å². The number of amides is 1. The molecule has 2 rings (SSSR count). The first-order chi connectivity index (χ1) is 10.2. The minimum atomic E-state index is -0.506. The van der Waals surface area contributed by atoms with Crippen molar-refractivity contribution in [2.24, 2.45) is 0 Å². The summed E-state index contributed by atoms with van der Waals surface area (Å²) in [6, 6.07) is 9.71. The fraction of sp³-hybridized carbons (Fsp3) is 0.529. The summed E-state index contributed by atoms with van der Waals surface area (Å²) in [4.78, 5) is 12.1. The van der Waals surface area contributed by atoms with E-state index in [1.807, 2.05) is 12.1 Å². The summed E-state index contributed by atoms with van der Waals surface area (Å²) in [6.45, 7) is 1.77. The Kier molecular flexibility index (Phi) is 5.62. The van der Waals surface area contributed by atoms with Crippen molar-refractivity contribution in [3.05, 3.63) is 29.8 Å². The van der Waals surface area contributed by atoms with E-state index in [1.165, 1.54) is 19.3 Å². The van der Waals surface area contributed by atoms with E-state index in [0.29, 0.717) is 18.2 Å². The van der Waals surface area contributed by atoms with Crippen LogP contribution in [0, 0.1) is 11.3 Å². The molecule has 0 spiro atoms. The monoisotopic (exact) mass is 286 g/mol. The molecule has 0 heterocycles. The Morgan fingerprint density at radius 3 is 2.62 bits per heavy atom. The summed E-state index contributed by atoms with van der Waals surface area (Å²) in [5, 5.41) is 11.7. The average Bonchev–Trinajstić information content (AvgIpc) is 2.50. The number of ether oxygens (including phenoxy) is 1. The quantitative estimate of drug-likeness (QED) is 0.905. The van der Waals surface area contributed by atoms with Crippen LogP contribution >= 0.6 is 0 Å². The Balaban J connectivity index is 1.83. The molecule has 0 bridgehead atoms. The summed E-state index contributed by atoms with van der Waals surface area (Å²) >= 11 is 0. The second-order valence-electron chi connectivity index (χ2n) is 5.58. The van der Waals surface area contributed by atoms with E-state index in [9.17, 15) is 4.79 Å². The standard InChI is InChI=1S/C17H22N2O2/c1-13(17(20)19-15-5-3-2-4-6-15)21-16-9-7-14(8-10-16)11-12-18/h7-10,13,15H,2-6,11H2,1H3,(H,19,20). The highest BCUT2D eigenvalue weighted by atomic mass is 16.5. The van der Waals surface area contributed by atoms with Crippen molar-refractivity contribution in [1.82, 2.24) is 5.32 Å². The van der Waals surface area contributed by atoms with E-state index < -0.39 is 6.10 Å². The largest absolute Gasteiger partial charge is 0.481 e. The molecule has 1 aromatic carbocycles. The maximum absolute atomic E-state index is 12.1. The fourth-order valence-corrected chi connectivity index (χ4v) is 2.60. The second-order valence-corrected chi connectivity index (χ2v) is 5.58. The third-order valence-corrected chi connectivity index (χ3v) is 3.84. The van der Waals surface area contributed by atoms with Gasteiger partial charge >= 0.3 is 0 Å². The fourth-order valence-electron chi connectivity index (χ4n) is 2.60.